The van der Waals surface area contributed by atoms with Crippen LogP contribution in [-0.2, 0) is 55.7 Å². The second-order valence-corrected chi connectivity index (χ2v) is 22.1. The molecule has 80 heavy (non-hydrogen) atoms. The maximum Gasteiger partial charge on any atom is 0.348 e. The number of ketones is 1. The van der Waals surface area contributed by atoms with E-state index in [1.165, 1.54) is 40.5 Å². The number of rotatable bonds is 27. The number of carboxylic acid groups (broad SMARTS) is 2. The Balaban J connectivity index is 0.000000231. The number of ether oxygens (including phenoxy) is 5. The molecule has 0 aliphatic carbocycles. The van der Waals surface area contributed by atoms with Gasteiger partial charge in [-0.1, -0.05) is 107 Å². The van der Waals surface area contributed by atoms with Gasteiger partial charge in [0.1, 0.15) is 33.3 Å². The first-order chi connectivity index (χ1) is 38.4. The van der Waals surface area contributed by atoms with Gasteiger partial charge in [-0.2, -0.15) is 9.97 Å². The molecule has 0 radical (unpaired) electrons. The van der Waals surface area contributed by atoms with Crippen molar-refractivity contribution in [2.24, 2.45) is 5.92 Å². The lowest BCUT2D eigenvalue weighted by Crippen LogP contribution is -2.52. The predicted octanol–water partition coefficient (Wildman–Crippen LogP) is 9.31. The Kier molecular flexibility index (Phi) is 22.2. The SMILES string of the molecule is CCCCCSc1nc(Cl)nc2c1ncn2[C@@H]1O[C@H](COC(Cc2ccccc2)(C(=O)O)C(=O)O)[C@@H](O)[C@@H]1F.CCCCCSc1nc(Cl)nc2c1ncn2[C@@H]1O[C@H](COC(Cc2ccccc2)(C(C)=O)C(=O)OCC)[C@@H](C)[C@@H]1F. The molecule has 9 atom stereocenters. The summed E-state index contributed by atoms with van der Waals surface area (Å²) in [6, 6.07) is 17.1. The van der Waals surface area contributed by atoms with Crippen molar-refractivity contribution in [3.05, 3.63) is 95.0 Å². The predicted molar refractivity (Wildman–Crippen MR) is 294 cm³/mol. The maximum atomic E-state index is 15.7. The van der Waals surface area contributed by atoms with Gasteiger partial charge in [-0.25, -0.2) is 43.1 Å². The van der Waals surface area contributed by atoms with Crippen LogP contribution in [0.25, 0.3) is 22.3 Å². The van der Waals surface area contributed by atoms with E-state index >= 15 is 8.78 Å². The maximum absolute atomic E-state index is 15.7. The average molecular weight is 1190 g/mol. The first-order valence-electron chi connectivity index (χ1n) is 26.2. The summed E-state index contributed by atoms with van der Waals surface area (Å²) in [7, 11) is 0. The summed E-state index contributed by atoms with van der Waals surface area (Å²) < 4.78 is 62.4. The molecule has 20 nitrogen and oxygen atoms in total. The smallest absolute Gasteiger partial charge is 0.348 e. The topological polar surface area (TPSA) is 262 Å². The van der Waals surface area contributed by atoms with E-state index in [0.717, 1.165) is 55.6 Å². The number of nitrogens with zero attached hydrogens (tertiary/aromatic N) is 8. The number of thioether (sulfide) groups is 2. The van der Waals surface area contributed by atoms with Crippen molar-refractivity contribution in [1.82, 2.24) is 39.0 Å². The van der Waals surface area contributed by atoms with Crippen molar-refractivity contribution in [2.45, 2.75) is 150 Å². The summed E-state index contributed by atoms with van der Waals surface area (Å²) in [5.41, 5.74) is -1.95. The molecule has 0 bridgehead atoms. The quantitative estimate of drug-likeness (QED) is 0.0108. The van der Waals surface area contributed by atoms with Crippen molar-refractivity contribution in [3.8, 4) is 0 Å². The fourth-order valence-corrected chi connectivity index (χ4v) is 11.5. The molecule has 4 aromatic heterocycles. The molecule has 2 aromatic carbocycles. The normalized spacial score (nSPS) is 21.8. The molecule has 0 saturated carbocycles. The number of hydrogen-bond donors (Lipinski definition) is 3. The van der Waals surface area contributed by atoms with Crippen LogP contribution < -0.4 is 0 Å². The Morgan fingerprint density at radius 1 is 0.675 bits per heavy atom. The Hall–Kier alpha value is -5.44. The van der Waals surface area contributed by atoms with Crippen LogP contribution in [0.3, 0.4) is 0 Å². The standard InChI is InChI=1S/C29H36ClFN4O5S.C25H28ClFN4O7S/c1-5-7-11-14-41-25-23-24(33-28(30)34-25)35(17-32-23)26-22(31)18(3)21(40-26)16-39-29(19(4)36,27(37)38-6-2)15-20-12-9-8-10-13-20;1-2-3-7-10-39-20-17-19(29-24(26)30-20)31(13-28-17)21-16(27)18(32)15(38-21)12-37-25(22(33)34,23(35)36)11-14-8-5-4-6-9-14/h8-10,12-13,17-18,21-22,26H,5-7,11,14-16H2,1-4H3;4-6,8-9,13,15-16,18,21,32H,2-3,7,10-12H2,1H3,(H,33,34)(H,35,36)/t18-,21-,22+,26-,29?;15-,16+,18-,21-/m11/s1. The highest BCUT2D eigenvalue weighted by molar-refractivity contribution is 7.99. The van der Waals surface area contributed by atoms with Crippen molar-refractivity contribution in [3.63, 3.8) is 0 Å². The fourth-order valence-electron chi connectivity index (χ4n) is 9.10. The number of esters is 1. The first kappa shape index (κ1) is 62.2. The number of aliphatic hydroxyl groups is 1. The summed E-state index contributed by atoms with van der Waals surface area (Å²) in [6.07, 6.45) is -1.19. The third-order valence-corrected chi connectivity index (χ3v) is 16.1. The number of aromatic nitrogens is 8. The van der Waals surface area contributed by atoms with Crippen molar-refractivity contribution >= 4 is 92.7 Å². The number of carbonyl (C=O) groups is 4. The van der Waals surface area contributed by atoms with Crippen molar-refractivity contribution in [1.29, 1.82) is 0 Å². The number of carboxylic acids is 2. The lowest BCUT2D eigenvalue weighted by Gasteiger charge is -2.31. The number of carbonyl (C=O) groups excluding carboxylic acids is 2. The highest BCUT2D eigenvalue weighted by Gasteiger charge is 2.53. The number of halogens is 4. The molecule has 3 N–H and O–H groups in total. The third-order valence-electron chi connectivity index (χ3n) is 13.7. The van der Waals surface area contributed by atoms with Gasteiger partial charge < -0.3 is 39.0 Å². The summed E-state index contributed by atoms with van der Waals surface area (Å²) in [6.45, 7) is 8.06. The van der Waals surface area contributed by atoms with Gasteiger partial charge in [-0.05, 0) is 72.5 Å². The van der Waals surface area contributed by atoms with Gasteiger partial charge >= 0.3 is 17.9 Å². The lowest BCUT2D eigenvalue weighted by molar-refractivity contribution is -0.190. The van der Waals surface area contributed by atoms with Gasteiger partial charge in [0.15, 0.2) is 41.9 Å². The van der Waals surface area contributed by atoms with Crippen LogP contribution in [0.1, 0.15) is 96.7 Å². The summed E-state index contributed by atoms with van der Waals surface area (Å²) >= 11 is 15.4. The zero-order chi connectivity index (χ0) is 57.7. The van der Waals surface area contributed by atoms with Crippen LogP contribution in [-0.4, -0.2) is 151 Å². The molecule has 6 aromatic rings. The molecule has 432 valence electrons. The molecule has 2 aliphatic rings. The first-order valence-corrected chi connectivity index (χ1v) is 29.0. The Morgan fingerprint density at radius 3 is 1.59 bits per heavy atom. The van der Waals surface area contributed by atoms with Gasteiger partial charge in [-0.15, -0.1) is 23.5 Å². The second-order valence-electron chi connectivity index (χ2n) is 19.2. The Morgan fingerprint density at radius 2 is 1.12 bits per heavy atom. The zero-order valence-electron chi connectivity index (χ0n) is 44.7. The van der Waals surface area contributed by atoms with Crippen molar-refractivity contribution < 1.29 is 67.0 Å². The van der Waals surface area contributed by atoms with E-state index in [0.29, 0.717) is 32.3 Å². The molecule has 0 spiro atoms. The number of aliphatic carboxylic acids is 2. The molecule has 26 heteroatoms. The van der Waals surface area contributed by atoms with Gasteiger partial charge in [0, 0.05) is 18.8 Å². The van der Waals surface area contributed by atoms with E-state index in [-0.39, 0.29) is 35.8 Å². The highest BCUT2D eigenvalue weighted by Crippen LogP contribution is 2.40. The minimum atomic E-state index is -2.68. The average Bonchev–Trinajstić information content (AvgIpc) is 4.34. The number of imidazole rings is 2. The van der Waals surface area contributed by atoms with Crippen LogP contribution in [0, 0.1) is 5.92 Å². The fraction of sp³-hybridized carbons (Fsp3) is 0.519. The summed E-state index contributed by atoms with van der Waals surface area (Å²) in [4.78, 5) is 76.0. The van der Waals surface area contributed by atoms with E-state index in [1.807, 2.05) is 18.2 Å². The Labute approximate surface area is 479 Å². The van der Waals surface area contributed by atoms with Crippen LogP contribution in [0.15, 0.2) is 83.4 Å². The molecule has 6 heterocycles. The number of alkyl halides is 2. The number of benzene rings is 2. The van der Waals surface area contributed by atoms with Crippen molar-refractivity contribution in [2.75, 3.05) is 31.3 Å². The molecule has 8 rings (SSSR count). The van der Waals surface area contributed by atoms with Crippen LogP contribution in [0.5, 0.6) is 0 Å². The molecular weight excluding hydrogens is 1130 g/mol. The molecule has 2 aliphatic heterocycles. The molecule has 1 unspecified atom stereocenters. The number of unbranched alkanes of at least 4 members (excludes halogenated alkanes) is 4. The van der Waals surface area contributed by atoms with Crippen LogP contribution in [0.2, 0.25) is 10.6 Å². The van der Waals surface area contributed by atoms with E-state index in [1.54, 1.807) is 68.1 Å². The minimum absolute atomic E-state index is 0.0220. The molecule has 2 fully saturated rings. The van der Waals surface area contributed by atoms with E-state index in [4.69, 9.17) is 46.9 Å². The monoisotopic (exact) mass is 1190 g/mol. The van der Waals surface area contributed by atoms with Crippen LogP contribution in [0.4, 0.5) is 8.78 Å². The van der Waals surface area contributed by atoms with E-state index in [2.05, 4.69) is 43.8 Å². The summed E-state index contributed by atoms with van der Waals surface area (Å²) in [5, 5.41) is 31.3. The number of fused-ring (bicyclic) bond motifs is 2. The molecular formula is C54H64Cl2F2N8O12S2. The summed E-state index contributed by atoms with van der Waals surface area (Å²) in [5.74, 6) is -3.76. The lowest BCUT2D eigenvalue weighted by atomic mass is 9.90. The third kappa shape index (κ3) is 14.2. The van der Waals surface area contributed by atoms with E-state index < -0.39 is 96.9 Å². The highest BCUT2D eigenvalue weighted by atomic mass is 35.5. The van der Waals surface area contributed by atoms with E-state index in [9.17, 15) is 34.5 Å². The zero-order valence-corrected chi connectivity index (χ0v) is 47.8. The number of aliphatic hydroxyl groups excluding tert-OH is 1. The molecule has 0 amide bonds. The minimum Gasteiger partial charge on any atom is -0.479 e. The Bertz CT molecular complexity index is 3050. The number of Topliss-reactive ketones (excluding diaryl/α,β-unsaturated/α-hetero) is 1. The van der Waals surface area contributed by atoms with Gasteiger partial charge in [-0.3, -0.25) is 13.9 Å². The largest absolute Gasteiger partial charge is 0.479 e. The second kappa shape index (κ2) is 28.5. The number of hydrogen-bond acceptors (Lipinski definition) is 18. The van der Waals surface area contributed by atoms with Gasteiger partial charge in [0.05, 0.1) is 38.6 Å². The van der Waals surface area contributed by atoms with Gasteiger partial charge in [0.2, 0.25) is 16.2 Å². The molecule has 2 saturated heterocycles. The van der Waals surface area contributed by atoms with Crippen LogP contribution >= 0.6 is 46.7 Å². The van der Waals surface area contributed by atoms with Gasteiger partial charge in [0.25, 0.3) is 5.60 Å².